The second kappa shape index (κ2) is 18.6. The summed E-state index contributed by atoms with van der Waals surface area (Å²) < 4.78 is 88.4. The molecule has 0 fully saturated rings. The summed E-state index contributed by atoms with van der Waals surface area (Å²) in [7, 11) is -3.81. The first-order chi connectivity index (χ1) is 33.7. The summed E-state index contributed by atoms with van der Waals surface area (Å²) >= 11 is 0. The number of benzene rings is 9. The molecule has 0 unspecified atom stereocenters. The molecule has 0 amide bonds. The van der Waals surface area contributed by atoms with E-state index >= 15 is 0 Å². The van der Waals surface area contributed by atoms with E-state index in [-0.39, 0.29) is 40.4 Å². The third-order valence-corrected chi connectivity index (χ3v) is 19.6. The van der Waals surface area contributed by atoms with E-state index in [1.165, 1.54) is 83.9 Å². The van der Waals surface area contributed by atoms with Crippen molar-refractivity contribution in [3.63, 3.8) is 0 Å². The minimum absolute atomic E-state index is 0.244. The summed E-state index contributed by atoms with van der Waals surface area (Å²) in [4.78, 5) is 0. The quantitative estimate of drug-likeness (QED) is 0.0728. The molecule has 0 spiro atoms. The number of hydrogen-bond donors (Lipinski definition) is 0. The van der Waals surface area contributed by atoms with Crippen molar-refractivity contribution < 1.29 is 26.3 Å². The van der Waals surface area contributed by atoms with Crippen LogP contribution in [-0.4, -0.2) is 8.07 Å². The van der Waals surface area contributed by atoms with Crippen LogP contribution in [0.2, 0.25) is 5.54 Å². The average molecular weight is 945 g/mol. The molecule has 0 aliphatic heterocycles. The third kappa shape index (κ3) is 8.67. The van der Waals surface area contributed by atoms with Gasteiger partial charge in [0.25, 0.3) is 0 Å². The molecule has 9 aromatic rings. The van der Waals surface area contributed by atoms with Crippen LogP contribution < -0.4 is 15.6 Å². The van der Waals surface area contributed by atoms with Crippen LogP contribution in [0, 0.1) is 34.9 Å². The molecule has 0 aromatic heterocycles. The van der Waals surface area contributed by atoms with E-state index in [1.807, 2.05) is 0 Å². The Morgan fingerprint density at radius 1 is 0.243 bits per heavy atom. The molecule has 0 nitrogen and oxygen atoms in total. The van der Waals surface area contributed by atoms with E-state index in [0.29, 0.717) is 0 Å². The van der Waals surface area contributed by atoms with Crippen molar-refractivity contribution in [3.8, 4) is 66.8 Å². The van der Waals surface area contributed by atoms with Gasteiger partial charge in [0.05, 0.1) is 0 Å². The zero-order valence-electron chi connectivity index (χ0n) is 38.9. The highest BCUT2D eigenvalue weighted by atomic mass is 28.3. The van der Waals surface area contributed by atoms with Crippen LogP contribution in [0.3, 0.4) is 0 Å². The summed E-state index contributed by atoms with van der Waals surface area (Å²) in [5.74, 6) is -2.26. The Kier molecular flexibility index (Phi) is 12.2. The number of allylic oxidation sites excluding steroid dienone is 4. The Labute approximate surface area is 405 Å². The van der Waals surface area contributed by atoms with E-state index in [9.17, 15) is 26.3 Å². The van der Waals surface area contributed by atoms with Crippen molar-refractivity contribution in [2.45, 2.75) is 33.2 Å². The highest BCUT2D eigenvalue weighted by Crippen LogP contribution is 2.48. The second-order valence-electron chi connectivity index (χ2n) is 18.3. The van der Waals surface area contributed by atoms with Crippen LogP contribution in [0.4, 0.5) is 26.3 Å². The number of halogens is 6. The molecule has 9 aromatic carbocycles. The molecule has 1 aliphatic rings. The number of hydrogen-bond acceptors (Lipinski definition) is 0. The van der Waals surface area contributed by atoms with Gasteiger partial charge in [-0.15, -0.1) is 0 Å². The van der Waals surface area contributed by atoms with Gasteiger partial charge in [-0.1, -0.05) is 120 Å². The molecule has 0 N–H and O–H groups in total. The van der Waals surface area contributed by atoms with Crippen LogP contribution in [0.25, 0.3) is 66.8 Å². The second-order valence-corrected chi connectivity index (χ2v) is 22.2. The molecule has 0 radical (unpaired) electrons. The molecule has 0 saturated carbocycles. The highest BCUT2D eigenvalue weighted by molar-refractivity contribution is 7.13. The SMILES string of the molecule is CC1=C(C)C([Si](c2cc(-c3ccc(F)cc3)cc(-c3ccc(F)cc3)c2)(c2cc(-c3ccc(F)cc3)cc(-c3ccc(F)cc3)c2)c2cc(-c3ccc(F)cc3)cc(-c3ccc(F)cc3)c2)C(C)=C1C. The fraction of sp³-hybridized carbons (Fsp3) is 0.0794. The van der Waals surface area contributed by atoms with Crippen LogP contribution in [0.1, 0.15) is 27.7 Å². The van der Waals surface area contributed by atoms with Crippen molar-refractivity contribution in [2.75, 3.05) is 0 Å². The van der Waals surface area contributed by atoms with Gasteiger partial charge >= 0.3 is 0 Å². The Morgan fingerprint density at radius 2 is 0.414 bits per heavy atom. The molecule has 0 atom stereocenters. The Balaban J connectivity index is 1.43. The van der Waals surface area contributed by atoms with Crippen molar-refractivity contribution in [1.82, 2.24) is 0 Å². The van der Waals surface area contributed by atoms with Gasteiger partial charge in [0, 0.05) is 5.54 Å². The maximum atomic E-state index is 14.7. The van der Waals surface area contributed by atoms with Crippen LogP contribution in [0.15, 0.2) is 222 Å². The molecule has 0 bridgehead atoms. The molecular weight excluding hydrogens is 899 g/mol. The van der Waals surface area contributed by atoms with Gasteiger partial charge in [0.2, 0.25) is 0 Å². The normalized spacial score (nSPS) is 13.1. The lowest BCUT2D eigenvalue weighted by Gasteiger charge is -2.42. The fourth-order valence-corrected chi connectivity index (χ4v) is 16.4. The zero-order chi connectivity index (χ0) is 48.8. The Morgan fingerprint density at radius 3 is 0.586 bits per heavy atom. The zero-order valence-corrected chi connectivity index (χ0v) is 39.9. The van der Waals surface area contributed by atoms with Gasteiger partial charge in [-0.3, -0.25) is 0 Å². The van der Waals surface area contributed by atoms with E-state index in [1.54, 1.807) is 72.8 Å². The van der Waals surface area contributed by atoms with E-state index in [0.717, 1.165) is 93.5 Å². The van der Waals surface area contributed by atoms with Gasteiger partial charge < -0.3 is 0 Å². The highest BCUT2D eigenvalue weighted by Gasteiger charge is 2.51. The summed E-state index contributed by atoms with van der Waals surface area (Å²) in [6.07, 6.45) is 0. The smallest absolute Gasteiger partial charge is 0.159 e. The fourth-order valence-electron chi connectivity index (χ4n) is 10.4. The predicted octanol–water partition coefficient (Wildman–Crippen LogP) is 16.0. The first-order valence-corrected chi connectivity index (χ1v) is 25.2. The van der Waals surface area contributed by atoms with Crippen LogP contribution in [0.5, 0.6) is 0 Å². The lowest BCUT2D eigenvalue weighted by atomic mass is 9.98. The van der Waals surface area contributed by atoms with Crippen molar-refractivity contribution >= 4 is 23.6 Å². The maximum absolute atomic E-state index is 14.7. The monoisotopic (exact) mass is 944 g/mol. The topological polar surface area (TPSA) is 0 Å². The summed E-state index contributed by atoms with van der Waals surface area (Å²) in [5, 5.41) is 2.92. The van der Waals surface area contributed by atoms with Crippen molar-refractivity contribution in [1.29, 1.82) is 0 Å². The van der Waals surface area contributed by atoms with E-state index < -0.39 is 8.07 Å². The van der Waals surface area contributed by atoms with Crippen LogP contribution >= 0.6 is 0 Å². The van der Waals surface area contributed by atoms with Crippen molar-refractivity contribution in [3.05, 3.63) is 257 Å². The Hall–Kier alpha value is -7.74. The standard InChI is InChI=1S/C63H46F6Si/c1-38-39(2)41(4)63(40(38)3)70(60-32-48(42-5-17-54(64)18-6-42)29-49(33-60)43-7-19-55(65)20-8-43,61-34-50(44-9-21-56(66)22-10-44)30-51(35-61)45-11-23-57(67)24-12-45)62-36-52(46-13-25-58(68)26-14-46)31-53(37-62)47-15-27-59(69)28-16-47/h5-37,63H,1-4H3. The molecular formula is C63H46F6Si. The molecule has 0 heterocycles. The molecule has 10 rings (SSSR count). The lowest BCUT2D eigenvalue weighted by molar-refractivity contribution is 0.627. The molecule has 1 aliphatic carbocycles. The summed E-state index contributed by atoms with van der Waals surface area (Å²) in [6.45, 7) is 8.71. The van der Waals surface area contributed by atoms with Gasteiger partial charge in [-0.2, -0.15) is 0 Å². The molecule has 7 heteroatoms. The average Bonchev–Trinajstić information content (AvgIpc) is 3.56. The summed E-state index contributed by atoms with van der Waals surface area (Å²) in [5.41, 5.74) is 13.9. The minimum atomic E-state index is -3.81. The lowest BCUT2D eigenvalue weighted by Crippen LogP contribution is -2.70. The molecule has 70 heavy (non-hydrogen) atoms. The minimum Gasteiger partial charge on any atom is -0.207 e. The summed E-state index contributed by atoms with van der Waals surface area (Å²) in [6, 6.07) is 57.8. The van der Waals surface area contributed by atoms with Gasteiger partial charge in [0.15, 0.2) is 8.07 Å². The Bertz CT molecular complexity index is 2930. The number of rotatable bonds is 10. The maximum Gasteiger partial charge on any atom is 0.159 e. The first-order valence-electron chi connectivity index (χ1n) is 23.1. The molecule has 344 valence electrons. The van der Waals surface area contributed by atoms with E-state index in [2.05, 4.69) is 82.3 Å². The van der Waals surface area contributed by atoms with Gasteiger partial charge in [-0.05, 0) is 212 Å². The molecule has 0 saturated heterocycles. The first kappa shape index (κ1) is 46.0. The largest absolute Gasteiger partial charge is 0.207 e. The van der Waals surface area contributed by atoms with Gasteiger partial charge in [0.1, 0.15) is 34.9 Å². The predicted molar refractivity (Wildman–Crippen MR) is 277 cm³/mol. The van der Waals surface area contributed by atoms with Crippen molar-refractivity contribution in [2.24, 2.45) is 0 Å². The van der Waals surface area contributed by atoms with Gasteiger partial charge in [-0.25, -0.2) is 26.3 Å². The van der Waals surface area contributed by atoms with Crippen LogP contribution in [-0.2, 0) is 0 Å². The van der Waals surface area contributed by atoms with E-state index in [4.69, 9.17) is 0 Å². The third-order valence-electron chi connectivity index (χ3n) is 14.3.